The second-order valence-corrected chi connectivity index (χ2v) is 2.99. The van der Waals surface area contributed by atoms with Crippen molar-refractivity contribution in [3.8, 4) is 11.4 Å². The van der Waals surface area contributed by atoms with Crippen molar-refractivity contribution >= 4 is 5.78 Å². The molecule has 0 N–H and O–H groups in total. The Bertz CT molecular complexity index is 490. The van der Waals surface area contributed by atoms with E-state index in [0.29, 0.717) is 5.56 Å². The minimum atomic E-state index is -0.339. The lowest BCUT2D eigenvalue weighted by Gasteiger charge is -1.92. The minimum absolute atomic E-state index is 0.0469. The van der Waals surface area contributed by atoms with Gasteiger partial charge in [-0.1, -0.05) is 5.16 Å². The molecule has 0 aliphatic carbocycles. The molecule has 0 fully saturated rings. The smallest absolute Gasteiger partial charge is 0.294 e. The molecule has 2 rings (SSSR count). The molecule has 15 heavy (non-hydrogen) atoms. The van der Waals surface area contributed by atoms with E-state index in [1.165, 1.54) is 31.2 Å². The lowest BCUT2D eigenvalue weighted by molar-refractivity contribution is 0.0972. The van der Waals surface area contributed by atoms with Crippen molar-refractivity contribution in [1.29, 1.82) is 0 Å². The van der Waals surface area contributed by atoms with Gasteiger partial charge in [-0.3, -0.25) is 4.79 Å². The largest absolute Gasteiger partial charge is 0.330 e. The molecule has 0 atom stereocenters. The third-order valence-corrected chi connectivity index (χ3v) is 1.83. The van der Waals surface area contributed by atoms with Gasteiger partial charge in [0.25, 0.3) is 5.89 Å². The van der Waals surface area contributed by atoms with Crippen LogP contribution in [0.5, 0.6) is 0 Å². The van der Waals surface area contributed by atoms with E-state index in [9.17, 15) is 9.18 Å². The molecule has 0 saturated carbocycles. The van der Waals surface area contributed by atoms with Crippen LogP contribution in [0.3, 0.4) is 0 Å². The monoisotopic (exact) mass is 206 g/mol. The van der Waals surface area contributed by atoms with Gasteiger partial charge in [0.1, 0.15) is 5.82 Å². The Balaban J connectivity index is 2.37. The summed E-state index contributed by atoms with van der Waals surface area (Å²) >= 11 is 0. The first-order chi connectivity index (χ1) is 7.16. The van der Waals surface area contributed by atoms with Gasteiger partial charge in [-0.2, -0.15) is 4.98 Å². The Morgan fingerprint density at radius 3 is 2.53 bits per heavy atom. The van der Waals surface area contributed by atoms with Gasteiger partial charge in [0, 0.05) is 12.5 Å². The molecule has 0 radical (unpaired) electrons. The molecule has 1 aromatic heterocycles. The number of Topliss-reactive ketones (excluding diaryl/α,β-unsaturated/α-hetero) is 1. The highest BCUT2D eigenvalue weighted by Gasteiger charge is 2.11. The van der Waals surface area contributed by atoms with E-state index < -0.39 is 0 Å². The summed E-state index contributed by atoms with van der Waals surface area (Å²) in [7, 11) is 0. The maximum atomic E-state index is 12.6. The molecule has 0 saturated heterocycles. The van der Waals surface area contributed by atoms with Gasteiger partial charge in [-0.15, -0.1) is 0 Å². The first-order valence-corrected chi connectivity index (χ1v) is 4.27. The highest BCUT2D eigenvalue weighted by molar-refractivity contribution is 5.89. The molecular weight excluding hydrogens is 199 g/mol. The zero-order valence-electron chi connectivity index (χ0n) is 7.90. The van der Waals surface area contributed by atoms with Crippen molar-refractivity contribution in [2.45, 2.75) is 6.92 Å². The first-order valence-electron chi connectivity index (χ1n) is 4.27. The number of ketones is 1. The van der Waals surface area contributed by atoms with Crippen molar-refractivity contribution < 1.29 is 13.7 Å². The van der Waals surface area contributed by atoms with E-state index in [0.717, 1.165) is 0 Å². The van der Waals surface area contributed by atoms with Gasteiger partial charge in [-0.05, 0) is 24.3 Å². The quantitative estimate of drug-likeness (QED) is 0.706. The van der Waals surface area contributed by atoms with Crippen LogP contribution in [0.4, 0.5) is 4.39 Å². The average molecular weight is 206 g/mol. The maximum absolute atomic E-state index is 12.6. The molecule has 4 nitrogen and oxygen atoms in total. The summed E-state index contributed by atoms with van der Waals surface area (Å²) in [6, 6.07) is 5.62. The number of benzene rings is 1. The van der Waals surface area contributed by atoms with Crippen LogP contribution >= 0.6 is 0 Å². The standard InChI is InChI=1S/C10H7FN2O2/c1-6(14)10-12-9(13-15-10)7-2-4-8(11)5-3-7/h2-5H,1H3. The number of aromatic nitrogens is 2. The molecule has 0 unspecified atom stereocenters. The SMILES string of the molecule is CC(=O)c1nc(-c2ccc(F)cc2)no1. The van der Waals surface area contributed by atoms with E-state index in [2.05, 4.69) is 10.1 Å². The molecule has 2 aromatic rings. The van der Waals surface area contributed by atoms with E-state index >= 15 is 0 Å². The topological polar surface area (TPSA) is 56.0 Å². The van der Waals surface area contributed by atoms with Crippen molar-refractivity contribution in [2.75, 3.05) is 0 Å². The lowest BCUT2D eigenvalue weighted by atomic mass is 10.2. The van der Waals surface area contributed by atoms with E-state index in [4.69, 9.17) is 4.52 Å². The van der Waals surface area contributed by atoms with Crippen LogP contribution in [0.25, 0.3) is 11.4 Å². The third kappa shape index (κ3) is 1.90. The average Bonchev–Trinajstić information content (AvgIpc) is 2.68. The number of carbonyl (C=O) groups is 1. The van der Waals surface area contributed by atoms with Gasteiger partial charge in [0.05, 0.1) is 0 Å². The number of rotatable bonds is 2. The highest BCUT2D eigenvalue weighted by atomic mass is 19.1. The third-order valence-electron chi connectivity index (χ3n) is 1.83. The Kier molecular flexibility index (Phi) is 2.29. The molecule has 0 spiro atoms. The zero-order valence-corrected chi connectivity index (χ0v) is 7.90. The van der Waals surface area contributed by atoms with Gasteiger partial charge >= 0.3 is 0 Å². The van der Waals surface area contributed by atoms with Crippen LogP contribution in [0.2, 0.25) is 0 Å². The van der Waals surface area contributed by atoms with Gasteiger partial charge < -0.3 is 4.52 Å². The Morgan fingerprint density at radius 1 is 1.33 bits per heavy atom. The van der Waals surface area contributed by atoms with E-state index in [-0.39, 0.29) is 23.3 Å². The summed E-state index contributed by atoms with van der Waals surface area (Å²) in [4.78, 5) is 14.7. The molecule has 0 bridgehead atoms. The molecule has 5 heteroatoms. The summed E-state index contributed by atoms with van der Waals surface area (Å²) in [5.41, 5.74) is 0.604. The van der Waals surface area contributed by atoms with Gasteiger partial charge in [-0.25, -0.2) is 4.39 Å². The van der Waals surface area contributed by atoms with Crippen LogP contribution in [0.15, 0.2) is 28.8 Å². The summed E-state index contributed by atoms with van der Waals surface area (Å²) < 4.78 is 17.3. The minimum Gasteiger partial charge on any atom is -0.330 e. The number of nitrogens with zero attached hydrogens (tertiary/aromatic N) is 2. The maximum Gasteiger partial charge on any atom is 0.294 e. The summed E-state index contributed by atoms with van der Waals surface area (Å²) in [5.74, 6) is -0.403. The number of halogens is 1. The summed E-state index contributed by atoms with van der Waals surface area (Å²) in [6.45, 7) is 1.34. The van der Waals surface area contributed by atoms with Gasteiger partial charge in [0.2, 0.25) is 11.6 Å². The Morgan fingerprint density at radius 2 is 2.00 bits per heavy atom. The van der Waals surface area contributed by atoms with Crippen LogP contribution in [-0.4, -0.2) is 15.9 Å². The Hall–Kier alpha value is -2.04. The second-order valence-electron chi connectivity index (χ2n) is 2.99. The fraction of sp³-hybridized carbons (Fsp3) is 0.100. The fourth-order valence-electron chi connectivity index (χ4n) is 1.08. The normalized spacial score (nSPS) is 10.3. The number of carbonyl (C=O) groups excluding carboxylic acids is 1. The highest BCUT2D eigenvalue weighted by Crippen LogP contribution is 2.15. The van der Waals surface area contributed by atoms with Crippen molar-refractivity contribution in [2.24, 2.45) is 0 Å². The Labute approximate surface area is 84.7 Å². The molecular formula is C10H7FN2O2. The van der Waals surface area contributed by atoms with Crippen LogP contribution in [0, 0.1) is 5.82 Å². The first kappa shape index (κ1) is 9.51. The molecule has 0 aliphatic heterocycles. The molecule has 0 aliphatic rings. The predicted octanol–water partition coefficient (Wildman–Crippen LogP) is 2.08. The van der Waals surface area contributed by atoms with E-state index in [1.54, 1.807) is 0 Å². The number of hydrogen-bond acceptors (Lipinski definition) is 4. The molecule has 1 heterocycles. The summed E-state index contributed by atoms with van der Waals surface area (Å²) in [6.07, 6.45) is 0. The summed E-state index contributed by atoms with van der Waals surface area (Å²) in [5, 5.41) is 3.61. The number of hydrogen-bond donors (Lipinski definition) is 0. The predicted molar refractivity (Wildman–Crippen MR) is 49.7 cm³/mol. The van der Waals surface area contributed by atoms with Crippen molar-refractivity contribution in [1.82, 2.24) is 10.1 Å². The zero-order chi connectivity index (χ0) is 10.8. The van der Waals surface area contributed by atoms with Crippen molar-refractivity contribution in [3.63, 3.8) is 0 Å². The fourth-order valence-corrected chi connectivity index (χ4v) is 1.08. The molecule has 1 aromatic carbocycles. The van der Waals surface area contributed by atoms with Crippen LogP contribution in [0.1, 0.15) is 17.6 Å². The van der Waals surface area contributed by atoms with Crippen LogP contribution in [-0.2, 0) is 0 Å². The van der Waals surface area contributed by atoms with Crippen molar-refractivity contribution in [3.05, 3.63) is 36.0 Å². The lowest BCUT2D eigenvalue weighted by Crippen LogP contribution is -1.91. The second kappa shape index (κ2) is 3.61. The van der Waals surface area contributed by atoms with Crippen LogP contribution < -0.4 is 0 Å². The molecule has 0 amide bonds. The van der Waals surface area contributed by atoms with Gasteiger partial charge in [0.15, 0.2) is 0 Å². The molecule has 76 valence electrons. The van der Waals surface area contributed by atoms with E-state index in [1.807, 2.05) is 0 Å².